The van der Waals surface area contributed by atoms with Gasteiger partial charge in [0.15, 0.2) is 0 Å². The number of benzene rings is 1. The third-order valence-corrected chi connectivity index (χ3v) is 4.55. The molecule has 0 atom stereocenters. The smallest absolute Gasteiger partial charge is 0.258 e. The summed E-state index contributed by atoms with van der Waals surface area (Å²) in [6.45, 7) is 3.72. The van der Waals surface area contributed by atoms with Gasteiger partial charge in [0.05, 0.1) is 16.5 Å². The molecule has 0 saturated carbocycles. The summed E-state index contributed by atoms with van der Waals surface area (Å²) in [6, 6.07) is 9.57. The van der Waals surface area contributed by atoms with Gasteiger partial charge < -0.3 is 25.6 Å². The van der Waals surface area contributed by atoms with E-state index in [1.54, 1.807) is 30.1 Å². The Hall–Kier alpha value is -3.61. The van der Waals surface area contributed by atoms with Crippen LogP contribution in [0.2, 0.25) is 0 Å². The highest BCUT2D eigenvalue weighted by atomic mass is 16.2. The van der Waals surface area contributed by atoms with Crippen molar-refractivity contribution in [3.8, 4) is 0 Å². The van der Waals surface area contributed by atoms with Gasteiger partial charge in [0.2, 0.25) is 0 Å². The van der Waals surface area contributed by atoms with E-state index < -0.39 is 0 Å². The minimum atomic E-state index is -0.353. The van der Waals surface area contributed by atoms with Gasteiger partial charge in [0.1, 0.15) is 0 Å². The van der Waals surface area contributed by atoms with E-state index in [4.69, 9.17) is 5.41 Å². The van der Waals surface area contributed by atoms with E-state index in [2.05, 4.69) is 15.6 Å². The Morgan fingerprint density at radius 3 is 2.68 bits per heavy atom. The number of amides is 1. The zero-order valence-electron chi connectivity index (χ0n) is 16.1. The average Bonchev–Trinajstić information content (AvgIpc) is 3.04. The minimum absolute atomic E-state index is 0.175. The molecule has 4 N–H and O–H groups in total. The Kier molecular flexibility index (Phi) is 5.44. The van der Waals surface area contributed by atoms with Crippen LogP contribution in [0.25, 0.3) is 10.9 Å². The Morgan fingerprint density at radius 2 is 2.00 bits per heavy atom. The molecule has 3 aromatic rings. The normalized spacial score (nSPS) is 11.5. The van der Waals surface area contributed by atoms with E-state index in [9.17, 15) is 9.59 Å². The highest BCUT2D eigenvalue weighted by molar-refractivity contribution is 6.07. The zero-order valence-corrected chi connectivity index (χ0v) is 16.1. The van der Waals surface area contributed by atoms with Gasteiger partial charge >= 0.3 is 0 Å². The summed E-state index contributed by atoms with van der Waals surface area (Å²) in [5, 5.41) is 14.3. The maximum absolute atomic E-state index is 12.7. The van der Waals surface area contributed by atoms with Crippen LogP contribution in [0.3, 0.4) is 0 Å². The number of nitrogens with one attached hydrogen (secondary N) is 4. The van der Waals surface area contributed by atoms with E-state index in [0.717, 1.165) is 16.8 Å². The number of hydrogen-bond donors (Lipinski definition) is 4. The molecule has 1 amide bonds. The second kappa shape index (κ2) is 7.96. The third-order valence-electron chi connectivity index (χ3n) is 4.55. The molecule has 0 bridgehead atoms. The molecule has 0 radical (unpaired) electrons. The van der Waals surface area contributed by atoms with Gasteiger partial charge in [-0.15, -0.1) is 0 Å². The first kappa shape index (κ1) is 19.2. The monoisotopic (exact) mass is 377 g/mol. The van der Waals surface area contributed by atoms with Crippen molar-refractivity contribution >= 4 is 28.2 Å². The number of para-hydroxylation sites is 1. The number of hydrogen-bond acceptors (Lipinski definition) is 4. The largest absolute Gasteiger partial charge is 0.361 e. The highest BCUT2D eigenvalue weighted by Crippen LogP contribution is 2.19. The van der Waals surface area contributed by atoms with Gasteiger partial charge in [0.25, 0.3) is 11.5 Å². The van der Waals surface area contributed by atoms with Crippen LogP contribution in [-0.4, -0.2) is 27.7 Å². The van der Waals surface area contributed by atoms with Crippen molar-refractivity contribution in [2.45, 2.75) is 13.8 Å². The van der Waals surface area contributed by atoms with Gasteiger partial charge in [-0.2, -0.15) is 0 Å². The molecule has 0 saturated heterocycles. The van der Waals surface area contributed by atoms with Crippen molar-refractivity contribution in [1.82, 2.24) is 14.9 Å². The van der Waals surface area contributed by atoms with E-state index in [1.165, 1.54) is 0 Å². The predicted octanol–water partition coefficient (Wildman–Crippen LogP) is 2.94. The highest BCUT2D eigenvalue weighted by Gasteiger charge is 2.18. The summed E-state index contributed by atoms with van der Waals surface area (Å²) in [7, 11) is 1.81. The average molecular weight is 377 g/mol. The summed E-state index contributed by atoms with van der Waals surface area (Å²) in [5.74, 6) is -0.353. The minimum Gasteiger partial charge on any atom is -0.361 e. The first-order valence-corrected chi connectivity index (χ1v) is 8.90. The van der Waals surface area contributed by atoms with Gasteiger partial charge in [-0.1, -0.05) is 18.2 Å². The van der Waals surface area contributed by atoms with Crippen LogP contribution >= 0.6 is 0 Å². The molecule has 0 aliphatic rings. The molecule has 28 heavy (non-hydrogen) atoms. The Balaban J connectivity index is 1.81. The van der Waals surface area contributed by atoms with E-state index in [-0.39, 0.29) is 18.0 Å². The van der Waals surface area contributed by atoms with Crippen molar-refractivity contribution < 1.29 is 4.79 Å². The number of H-pyrrole nitrogens is 1. The van der Waals surface area contributed by atoms with E-state index in [0.29, 0.717) is 22.2 Å². The quantitative estimate of drug-likeness (QED) is 0.497. The first-order chi connectivity index (χ1) is 13.4. The van der Waals surface area contributed by atoms with Crippen molar-refractivity contribution in [3.63, 3.8) is 0 Å². The lowest BCUT2D eigenvalue weighted by Gasteiger charge is -2.09. The van der Waals surface area contributed by atoms with Crippen LogP contribution in [0.4, 0.5) is 5.69 Å². The second-order valence-corrected chi connectivity index (χ2v) is 6.67. The summed E-state index contributed by atoms with van der Waals surface area (Å²) in [5.41, 5.74) is 3.52. The molecule has 0 aliphatic heterocycles. The lowest BCUT2D eigenvalue weighted by Crippen LogP contribution is -2.28. The lowest BCUT2D eigenvalue weighted by molar-refractivity contribution is 0.0959. The molecular weight excluding hydrogens is 354 g/mol. The molecule has 7 nitrogen and oxygen atoms in total. The lowest BCUT2D eigenvalue weighted by atomic mass is 10.1. The fraction of sp³-hybridized carbons (Fsp3) is 0.190. The molecule has 0 aliphatic carbocycles. The number of rotatable bonds is 6. The van der Waals surface area contributed by atoms with E-state index >= 15 is 0 Å². The van der Waals surface area contributed by atoms with Gasteiger partial charge in [-0.3, -0.25) is 9.59 Å². The fourth-order valence-corrected chi connectivity index (χ4v) is 3.09. The van der Waals surface area contributed by atoms with Crippen LogP contribution < -0.4 is 16.2 Å². The molecule has 3 rings (SSSR count). The van der Waals surface area contributed by atoms with E-state index in [1.807, 2.05) is 44.3 Å². The third kappa shape index (κ3) is 3.88. The molecule has 2 heterocycles. The molecule has 144 valence electrons. The zero-order chi connectivity index (χ0) is 20.3. The number of aromatic nitrogens is 2. The molecule has 7 heteroatoms. The number of anilines is 1. The molecule has 0 fully saturated rings. The Labute approximate surface area is 162 Å². The molecule has 1 aromatic carbocycles. The number of fused-ring (bicyclic) bond motifs is 1. The Morgan fingerprint density at radius 1 is 1.29 bits per heavy atom. The summed E-state index contributed by atoms with van der Waals surface area (Å²) >= 11 is 0. The van der Waals surface area contributed by atoms with Gasteiger partial charge in [0, 0.05) is 49.2 Å². The van der Waals surface area contributed by atoms with Crippen molar-refractivity contribution in [2.24, 2.45) is 7.05 Å². The number of aromatic amines is 1. The van der Waals surface area contributed by atoms with Crippen LogP contribution in [0.1, 0.15) is 22.8 Å². The SMILES string of the molecule is CC(=N)/C(=C\Nc1ccccc1)CNC(=O)c1cn(C)c2c(C)c[nH]c(=O)c12. The summed E-state index contributed by atoms with van der Waals surface area (Å²) in [6.07, 6.45) is 5.00. The number of carbonyl (C=O) groups excluding carboxylic acids is 1. The van der Waals surface area contributed by atoms with Gasteiger partial charge in [-0.05, 0) is 31.5 Å². The van der Waals surface area contributed by atoms with Crippen LogP contribution in [0, 0.1) is 12.3 Å². The fourth-order valence-electron chi connectivity index (χ4n) is 3.09. The molecule has 0 spiro atoms. The number of aryl methyl sites for hydroxylation is 2. The Bertz CT molecular complexity index is 1120. The van der Waals surface area contributed by atoms with Crippen LogP contribution in [0.5, 0.6) is 0 Å². The second-order valence-electron chi connectivity index (χ2n) is 6.67. The summed E-state index contributed by atoms with van der Waals surface area (Å²) < 4.78 is 1.78. The maximum atomic E-state index is 12.7. The number of nitrogens with zero attached hydrogens (tertiary/aromatic N) is 1. The van der Waals surface area contributed by atoms with Gasteiger partial charge in [-0.25, -0.2) is 0 Å². The predicted molar refractivity (Wildman–Crippen MR) is 112 cm³/mol. The topological polar surface area (TPSA) is 103 Å². The standard InChI is InChI=1S/C21H23N5O2/c1-13-9-24-21(28)18-17(12-26(3)19(13)18)20(27)25-11-15(14(2)22)10-23-16-7-5-4-6-8-16/h4-10,12,22-23H,11H2,1-3H3,(H,24,28)(H,25,27)/b15-10-,22-14?. The van der Waals surface area contributed by atoms with Crippen molar-refractivity contribution in [2.75, 3.05) is 11.9 Å². The molecule has 2 aromatic heterocycles. The van der Waals surface area contributed by atoms with Crippen LogP contribution in [-0.2, 0) is 7.05 Å². The number of pyridine rings is 1. The summed E-state index contributed by atoms with van der Waals surface area (Å²) in [4.78, 5) is 27.7. The molecule has 0 unspecified atom stereocenters. The maximum Gasteiger partial charge on any atom is 0.258 e. The van der Waals surface area contributed by atoms with Crippen molar-refractivity contribution in [1.29, 1.82) is 5.41 Å². The first-order valence-electron chi connectivity index (χ1n) is 8.90. The van der Waals surface area contributed by atoms with Crippen molar-refractivity contribution in [3.05, 3.63) is 76.0 Å². The molecular formula is C21H23N5O2. The van der Waals surface area contributed by atoms with Crippen LogP contribution in [0.15, 0.2) is 59.3 Å². The number of carbonyl (C=O) groups is 1.